The molecule has 0 spiro atoms. The second kappa shape index (κ2) is 4.84. The number of carboxylic acid groups (broad SMARTS) is 1. The first-order valence-electron chi connectivity index (χ1n) is 5.04. The molecular weight excluding hydrogens is 224 g/mol. The number of carbonyl (C=O) groups is 1. The van der Waals surface area contributed by atoms with Gasteiger partial charge < -0.3 is 19.6 Å². The quantitative estimate of drug-likeness (QED) is 0.814. The Labute approximate surface area is 97.2 Å². The number of aliphatic carboxylic acids is 1. The lowest BCUT2D eigenvalue weighted by Gasteiger charge is -2.12. The highest BCUT2D eigenvalue weighted by Gasteiger charge is 2.16. The SMILES string of the molecule is COC(CNc1nccc2occc12)C(=O)O. The maximum atomic E-state index is 10.8. The van der Waals surface area contributed by atoms with Gasteiger partial charge in [0.2, 0.25) is 0 Å². The van der Waals surface area contributed by atoms with Crippen LogP contribution in [0.2, 0.25) is 0 Å². The minimum Gasteiger partial charge on any atom is -0.479 e. The maximum absolute atomic E-state index is 10.8. The number of aromatic nitrogens is 1. The van der Waals surface area contributed by atoms with Gasteiger partial charge in [0, 0.05) is 13.3 Å². The van der Waals surface area contributed by atoms with Crippen LogP contribution >= 0.6 is 0 Å². The van der Waals surface area contributed by atoms with Crippen molar-refractivity contribution >= 4 is 22.8 Å². The molecule has 0 aliphatic heterocycles. The third kappa shape index (κ3) is 2.36. The van der Waals surface area contributed by atoms with E-state index < -0.39 is 12.1 Å². The van der Waals surface area contributed by atoms with E-state index in [-0.39, 0.29) is 6.54 Å². The maximum Gasteiger partial charge on any atom is 0.334 e. The minimum absolute atomic E-state index is 0.142. The summed E-state index contributed by atoms with van der Waals surface area (Å²) in [6, 6.07) is 3.51. The van der Waals surface area contributed by atoms with Crippen LogP contribution in [0.1, 0.15) is 0 Å². The number of nitrogens with zero attached hydrogens (tertiary/aromatic N) is 1. The molecule has 0 aromatic carbocycles. The average molecular weight is 236 g/mol. The van der Waals surface area contributed by atoms with Gasteiger partial charge in [-0.3, -0.25) is 0 Å². The van der Waals surface area contributed by atoms with Crippen LogP contribution in [0.15, 0.2) is 29.0 Å². The van der Waals surface area contributed by atoms with Gasteiger partial charge in [-0.15, -0.1) is 0 Å². The van der Waals surface area contributed by atoms with Gasteiger partial charge in [-0.1, -0.05) is 0 Å². The molecule has 90 valence electrons. The fourth-order valence-electron chi connectivity index (χ4n) is 1.50. The molecule has 0 amide bonds. The van der Waals surface area contributed by atoms with Crippen molar-refractivity contribution in [3.8, 4) is 0 Å². The fraction of sp³-hybridized carbons (Fsp3) is 0.273. The second-order valence-corrected chi connectivity index (χ2v) is 3.44. The Morgan fingerprint density at radius 2 is 2.47 bits per heavy atom. The molecule has 6 nitrogen and oxygen atoms in total. The molecule has 2 aromatic rings. The lowest BCUT2D eigenvalue weighted by atomic mass is 10.3. The van der Waals surface area contributed by atoms with E-state index in [9.17, 15) is 4.79 Å². The van der Waals surface area contributed by atoms with Crippen LogP contribution in [-0.2, 0) is 9.53 Å². The first-order valence-corrected chi connectivity index (χ1v) is 5.04. The van der Waals surface area contributed by atoms with Gasteiger partial charge in [0.05, 0.1) is 18.2 Å². The van der Waals surface area contributed by atoms with Crippen molar-refractivity contribution in [2.24, 2.45) is 0 Å². The smallest absolute Gasteiger partial charge is 0.334 e. The highest BCUT2D eigenvalue weighted by molar-refractivity contribution is 5.88. The molecule has 0 saturated carbocycles. The summed E-state index contributed by atoms with van der Waals surface area (Å²) in [6.45, 7) is 0.142. The van der Waals surface area contributed by atoms with Gasteiger partial charge in [-0.05, 0) is 12.1 Å². The summed E-state index contributed by atoms with van der Waals surface area (Å²) >= 11 is 0. The molecule has 17 heavy (non-hydrogen) atoms. The Bertz CT molecular complexity index is 523. The van der Waals surface area contributed by atoms with Crippen LogP contribution < -0.4 is 5.32 Å². The third-order valence-electron chi connectivity index (χ3n) is 2.39. The van der Waals surface area contributed by atoms with Crippen molar-refractivity contribution in [1.29, 1.82) is 0 Å². The zero-order valence-electron chi connectivity index (χ0n) is 9.21. The molecule has 2 rings (SSSR count). The molecule has 2 N–H and O–H groups in total. The second-order valence-electron chi connectivity index (χ2n) is 3.44. The Morgan fingerprint density at radius 3 is 3.18 bits per heavy atom. The zero-order chi connectivity index (χ0) is 12.3. The topological polar surface area (TPSA) is 84.6 Å². The standard InChI is InChI=1S/C11H12N2O4/c1-16-9(11(14)15)6-13-10-7-3-5-17-8(7)2-4-12-10/h2-5,9H,6H2,1H3,(H,12,13)(H,14,15). The molecule has 0 radical (unpaired) electrons. The Balaban J connectivity index is 2.13. The van der Waals surface area contributed by atoms with Gasteiger partial charge in [0.25, 0.3) is 0 Å². The molecule has 2 heterocycles. The van der Waals surface area contributed by atoms with E-state index >= 15 is 0 Å². The van der Waals surface area contributed by atoms with Crippen LogP contribution in [0, 0.1) is 0 Å². The van der Waals surface area contributed by atoms with Gasteiger partial charge in [0.1, 0.15) is 11.4 Å². The number of hydrogen-bond donors (Lipinski definition) is 2. The molecule has 6 heteroatoms. The first-order chi connectivity index (χ1) is 8.22. The summed E-state index contributed by atoms with van der Waals surface area (Å²) in [5.41, 5.74) is 0.701. The number of anilines is 1. The Kier molecular flexibility index (Phi) is 3.24. The lowest BCUT2D eigenvalue weighted by molar-refractivity contribution is -0.147. The first kappa shape index (κ1) is 11.4. The number of hydrogen-bond acceptors (Lipinski definition) is 5. The van der Waals surface area contributed by atoms with Crippen molar-refractivity contribution in [1.82, 2.24) is 4.98 Å². The third-order valence-corrected chi connectivity index (χ3v) is 2.39. The van der Waals surface area contributed by atoms with E-state index in [4.69, 9.17) is 14.3 Å². The fourth-order valence-corrected chi connectivity index (χ4v) is 1.50. The van der Waals surface area contributed by atoms with Crippen LogP contribution in [0.5, 0.6) is 0 Å². The molecule has 0 fully saturated rings. The monoisotopic (exact) mass is 236 g/mol. The van der Waals surface area contributed by atoms with Crippen LogP contribution in [0.3, 0.4) is 0 Å². The normalized spacial score (nSPS) is 12.5. The molecule has 0 saturated heterocycles. The van der Waals surface area contributed by atoms with E-state index in [0.717, 1.165) is 5.39 Å². The summed E-state index contributed by atoms with van der Waals surface area (Å²) in [4.78, 5) is 14.9. The van der Waals surface area contributed by atoms with Crippen molar-refractivity contribution in [3.05, 3.63) is 24.6 Å². The highest BCUT2D eigenvalue weighted by Crippen LogP contribution is 2.21. The summed E-state index contributed by atoms with van der Waals surface area (Å²) in [6.07, 6.45) is 2.25. The Hall–Kier alpha value is -2.08. The number of methoxy groups -OCH3 is 1. The number of nitrogens with one attached hydrogen (secondary N) is 1. The van der Waals surface area contributed by atoms with Crippen LogP contribution in [0.4, 0.5) is 5.82 Å². The van der Waals surface area contributed by atoms with Gasteiger partial charge in [-0.2, -0.15) is 0 Å². The van der Waals surface area contributed by atoms with Gasteiger partial charge in [-0.25, -0.2) is 9.78 Å². The number of rotatable bonds is 5. The average Bonchev–Trinajstić information content (AvgIpc) is 2.78. The number of carboxylic acids is 1. The summed E-state index contributed by atoms with van der Waals surface area (Å²) in [5.74, 6) is -0.432. The number of ether oxygens (including phenoxy) is 1. The molecule has 1 atom stereocenters. The van der Waals surface area contributed by atoms with Gasteiger partial charge in [0.15, 0.2) is 6.10 Å². The van der Waals surface area contributed by atoms with E-state index in [1.165, 1.54) is 7.11 Å². The van der Waals surface area contributed by atoms with Crippen molar-refractivity contribution < 1.29 is 19.1 Å². The largest absolute Gasteiger partial charge is 0.479 e. The lowest BCUT2D eigenvalue weighted by Crippen LogP contribution is -2.30. The van der Waals surface area contributed by atoms with Gasteiger partial charge >= 0.3 is 5.97 Å². The van der Waals surface area contributed by atoms with Crippen molar-refractivity contribution in [3.63, 3.8) is 0 Å². The van der Waals surface area contributed by atoms with Crippen LogP contribution in [-0.4, -0.2) is 35.8 Å². The van der Waals surface area contributed by atoms with Crippen molar-refractivity contribution in [2.75, 3.05) is 19.0 Å². The summed E-state index contributed by atoms with van der Waals surface area (Å²) in [7, 11) is 1.35. The zero-order valence-corrected chi connectivity index (χ0v) is 9.21. The van der Waals surface area contributed by atoms with E-state index in [0.29, 0.717) is 11.4 Å². The molecule has 1 unspecified atom stereocenters. The molecule has 2 aromatic heterocycles. The predicted octanol–water partition coefficient (Wildman–Crippen LogP) is 1.34. The molecule has 0 aliphatic rings. The number of furan rings is 1. The Morgan fingerprint density at radius 1 is 1.65 bits per heavy atom. The van der Waals surface area contributed by atoms with Crippen molar-refractivity contribution in [2.45, 2.75) is 6.10 Å². The molecule has 0 bridgehead atoms. The predicted molar refractivity (Wildman–Crippen MR) is 60.9 cm³/mol. The summed E-state index contributed by atoms with van der Waals surface area (Å²) in [5, 5.41) is 12.6. The minimum atomic E-state index is -1.01. The number of fused-ring (bicyclic) bond motifs is 1. The van der Waals surface area contributed by atoms with E-state index in [1.54, 1.807) is 24.6 Å². The summed E-state index contributed by atoms with van der Waals surface area (Å²) < 4.78 is 10.0. The molecular formula is C11H12N2O4. The highest BCUT2D eigenvalue weighted by atomic mass is 16.5. The number of pyridine rings is 1. The van der Waals surface area contributed by atoms with E-state index in [1.807, 2.05) is 0 Å². The molecule has 0 aliphatic carbocycles. The van der Waals surface area contributed by atoms with Crippen LogP contribution in [0.25, 0.3) is 11.0 Å². The van der Waals surface area contributed by atoms with E-state index in [2.05, 4.69) is 10.3 Å².